The number of hydrogen-bond acceptors (Lipinski definition) is 3. The topological polar surface area (TPSA) is 64.1 Å². The van der Waals surface area contributed by atoms with Crippen molar-refractivity contribution in [2.45, 2.75) is 12.5 Å². The Morgan fingerprint density at radius 3 is 3.00 bits per heavy atom. The summed E-state index contributed by atoms with van der Waals surface area (Å²) in [6.45, 7) is 0.436. The number of aliphatic hydroxyl groups is 1. The van der Waals surface area contributed by atoms with Crippen LogP contribution in [0.25, 0.3) is 11.0 Å². The van der Waals surface area contributed by atoms with E-state index in [4.69, 9.17) is 17.3 Å². The number of aryl methyl sites for hydroxylation is 1. The van der Waals surface area contributed by atoms with Gasteiger partial charge in [-0.15, -0.1) is 0 Å². The molecule has 2 aromatic rings. The van der Waals surface area contributed by atoms with Crippen molar-refractivity contribution in [3.8, 4) is 0 Å². The summed E-state index contributed by atoms with van der Waals surface area (Å²) in [6, 6.07) is 5.47. The van der Waals surface area contributed by atoms with Crippen molar-refractivity contribution in [1.29, 1.82) is 0 Å². The molecule has 0 fully saturated rings. The second kappa shape index (κ2) is 4.41. The van der Waals surface area contributed by atoms with Crippen LogP contribution in [0, 0.1) is 0 Å². The molecule has 1 unspecified atom stereocenters. The maximum atomic E-state index is 9.88. The van der Waals surface area contributed by atoms with Crippen LogP contribution in [0.2, 0.25) is 5.02 Å². The molecule has 2 rings (SSSR count). The zero-order chi connectivity index (χ0) is 11.7. The number of nitrogens with zero attached hydrogens (tertiary/aromatic N) is 2. The Balaban J connectivity index is 2.51. The quantitative estimate of drug-likeness (QED) is 0.855. The fourth-order valence-electron chi connectivity index (χ4n) is 1.77. The van der Waals surface area contributed by atoms with Gasteiger partial charge in [0, 0.05) is 12.1 Å². The predicted octanol–water partition coefficient (Wildman–Crippen LogP) is 1.61. The molecule has 4 nitrogen and oxygen atoms in total. The van der Waals surface area contributed by atoms with Crippen LogP contribution in [-0.2, 0) is 7.05 Å². The minimum atomic E-state index is -0.624. The first-order chi connectivity index (χ1) is 7.63. The second-order valence-corrected chi connectivity index (χ2v) is 4.19. The Morgan fingerprint density at radius 2 is 2.31 bits per heavy atom. The lowest BCUT2D eigenvalue weighted by Crippen LogP contribution is -2.10. The lowest BCUT2D eigenvalue weighted by molar-refractivity contribution is 0.157. The third-order valence-electron chi connectivity index (χ3n) is 2.62. The molecule has 0 saturated carbocycles. The molecule has 0 bridgehead atoms. The van der Waals surface area contributed by atoms with Gasteiger partial charge in [0.05, 0.1) is 11.0 Å². The average molecular weight is 240 g/mol. The van der Waals surface area contributed by atoms with Gasteiger partial charge in [0.15, 0.2) is 0 Å². The summed E-state index contributed by atoms with van der Waals surface area (Å²) in [5.74, 6) is 0.628. The second-order valence-electron chi connectivity index (χ2n) is 3.76. The predicted molar refractivity (Wildman–Crippen MR) is 64.4 cm³/mol. The number of fused-ring (bicyclic) bond motifs is 1. The Kier molecular flexibility index (Phi) is 3.14. The SMILES string of the molecule is Cn1c(C(O)CCN)nc2ccc(Cl)cc21. The monoisotopic (exact) mass is 239 g/mol. The number of aromatic nitrogens is 2. The van der Waals surface area contributed by atoms with Gasteiger partial charge in [-0.3, -0.25) is 0 Å². The molecule has 1 aromatic carbocycles. The van der Waals surface area contributed by atoms with Gasteiger partial charge >= 0.3 is 0 Å². The van der Waals surface area contributed by atoms with Crippen molar-refractivity contribution in [2.75, 3.05) is 6.54 Å². The van der Waals surface area contributed by atoms with Crippen LogP contribution < -0.4 is 5.73 Å². The highest BCUT2D eigenvalue weighted by atomic mass is 35.5. The van der Waals surface area contributed by atoms with Crippen molar-refractivity contribution < 1.29 is 5.11 Å². The van der Waals surface area contributed by atoms with E-state index < -0.39 is 6.10 Å². The first-order valence-electron chi connectivity index (χ1n) is 5.13. The number of aliphatic hydroxyl groups excluding tert-OH is 1. The summed E-state index contributed by atoms with van der Waals surface area (Å²) in [5, 5.41) is 10.5. The Bertz CT molecular complexity index is 509. The fraction of sp³-hybridized carbons (Fsp3) is 0.364. The van der Waals surface area contributed by atoms with Crippen molar-refractivity contribution in [3.63, 3.8) is 0 Å². The molecule has 0 aliphatic heterocycles. The third kappa shape index (κ3) is 1.91. The van der Waals surface area contributed by atoms with E-state index in [1.165, 1.54) is 0 Å². The molecule has 0 amide bonds. The standard InChI is InChI=1S/C11H14ClN3O/c1-15-9-6-7(12)2-3-8(9)14-11(15)10(16)4-5-13/h2-3,6,10,16H,4-5,13H2,1H3. The number of imidazole rings is 1. The van der Waals surface area contributed by atoms with E-state index in [0.29, 0.717) is 23.8 Å². The van der Waals surface area contributed by atoms with Crippen LogP contribution in [0.3, 0.4) is 0 Å². The number of hydrogen-bond donors (Lipinski definition) is 2. The van der Waals surface area contributed by atoms with Gasteiger partial charge in [-0.25, -0.2) is 4.98 Å². The molecule has 1 heterocycles. The van der Waals surface area contributed by atoms with Gasteiger partial charge in [0.2, 0.25) is 0 Å². The summed E-state index contributed by atoms with van der Waals surface area (Å²) in [6.07, 6.45) is -0.119. The van der Waals surface area contributed by atoms with Crippen LogP contribution in [0.15, 0.2) is 18.2 Å². The van der Waals surface area contributed by atoms with Crippen molar-refractivity contribution >= 4 is 22.6 Å². The highest BCUT2D eigenvalue weighted by Gasteiger charge is 2.15. The minimum Gasteiger partial charge on any atom is -0.385 e. The van der Waals surface area contributed by atoms with E-state index in [1.807, 2.05) is 23.7 Å². The zero-order valence-corrected chi connectivity index (χ0v) is 9.78. The summed E-state index contributed by atoms with van der Waals surface area (Å²) in [4.78, 5) is 4.37. The Hall–Kier alpha value is -1.10. The molecular formula is C11H14ClN3O. The molecule has 0 saturated heterocycles. The molecule has 3 N–H and O–H groups in total. The first kappa shape index (κ1) is 11.4. The molecule has 1 aromatic heterocycles. The summed E-state index contributed by atoms with van der Waals surface area (Å²) in [7, 11) is 1.86. The van der Waals surface area contributed by atoms with Crippen molar-refractivity contribution in [3.05, 3.63) is 29.0 Å². The third-order valence-corrected chi connectivity index (χ3v) is 2.85. The fourth-order valence-corrected chi connectivity index (χ4v) is 1.93. The number of benzene rings is 1. The molecule has 0 radical (unpaired) electrons. The van der Waals surface area contributed by atoms with E-state index >= 15 is 0 Å². The number of rotatable bonds is 3. The van der Waals surface area contributed by atoms with Gasteiger partial charge in [-0.2, -0.15) is 0 Å². The summed E-state index contributed by atoms with van der Waals surface area (Å²) in [5.41, 5.74) is 7.16. The molecule has 16 heavy (non-hydrogen) atoms. The summed E-state index contributed by atoms with van der Waals surface area (Å²) < 4.78 is 1.85. The molecule has 0 aliphatic carbocycles. The Labute approximate surface area is 98.6 Å². The maximum Gasteiger partial charge on any atom is 0.138 e. The average Bonchev–Trinajstić information content (AvgIpc) is 2.57. The number of halogens is 1. The Morgan fingerprint density at radius 1 is 1.56 bits per heavy atom. The van der Waals surface area contributed by atoms with E-state index in [9.17, 15) is 5.11 Å². The molecule has 0 aliphatic rings. The van der Waals surface area contributed by atoms with Gasteiger partial charge in [0.25, 0.3) is 0 Å². The van der Waals surface area contributed by atoms with Gasteiger partial charge in [-0.05, 0) is 31.2 Å². The number of nitrogens with two attached hydrogens (primary N) is 1. The molecule has 5 heteroatoms. The lowest BCUT2D eigenvalue weighted by atomic mass is 10.2. The van der Waals surface area contributed by atoms with E-state index in [2.05, 4.69) is 4.98 Å². The van der Waals surface area contributed by atoms with Crippen LogP contribution in [0.1, 0.15) is 18.3 Å². The smallest absolute Gasteiger partial charge is 0.138 e. The molecule has 86 valence electrons. The van der Waals surface area contributed by atoms with Gasteiger partial charge < -0.3 is 15.4 Å². The maximum absolute atomic E-state index is 9.88. The molecule has 1 atom stereocenters. The van der Waals surface area contributed by atoms with Crippen LogP contribution in [-0.4, -0.2) is 21.2 Å². The molecular weight excluding hydrogens is 226 g/mol. The highest BCUT2D eigenvalue weighted by molar-refractivity contribution is 6.31. The lowest BCUT2D eigenvalue weighted by Gasteiger charge is -2.08. The van der Waals surface area contributed by atoms with Crippen LogP contribution >= 0.6 is 11.6 Å². The van der Waals surface area contributed by atoms with E-state index in [-0.39, 0.29) is 0 Å². The normalized spacial score (nSPS) is 13.2. The first-order valence-corrected chi connectivity index (χ1v) is 5.51. The molecule has 0 spiro atoms. The van der Waals surface area contributed by atoms with Crippen molar-refractivity contribution in [2.24, 2.45) is 12.8 Å². The minimum absolute atomic E-state index is 0.436. The summed E-state index contributed by atoms with van der Waals surface area (Å²) >= 11 is 5.92. The highest BCUT2D eigenvalue weighted by Crippen LogP contribution is 2.23. The van der Waals surface area contributed by atoms with Gasteiger partial charge in [0.1, 0.15) is 11.9 Å². The van der Waals surface area contributed by atoms with Crippen molar-refractivity contribution in [1.82, 2.24) is 9.55 Å². The van der Waals surface area contributed by atoms with Gasteiger partial charge in [-0.1, -0.05) is 11.6 Å². The van der Waals surface area contributed by atoms with Crippen LogP contribution in [0.4, 0.5) is 0 Å². The van der Waals surface area contributed by atoms with E-state index in [1.54, 1.807) is 6.07 Å². The van der Waals surface area contributed by atoms with E-state index in [0.717, 1.165) is 11.0 Å². The van der Waals surface area contributed by atoms with Crippen LogP contribution in [0.5, 0.6) is 0 Å². The zero-order valence-electron chi connectivity index (χ0n) is 9.02. The largest absolute Gasteiger partial charge is 0.385 e.